The van der Waals surface area contributed by atoms with Crippen molar-refractivity contribution in [2.24, 2.45) is 5.73 Å². The van der Waals surface area contributed by atoms with Gasteiger partial charge in [0.1, 0.15) is 12.4 Å². The first-order valence-corrected chi connectivity index (χ1v) is 8.08. The molecule has 0 aromatic heterocycles. The van der Waals surface area contributed by atoms with Crippen molar-refractivity contribution < 1.29 is 9.53 Å². The molecule has 0 spiro atoms. The Hall–Kier alpha value is -1.59. The zero-order chi connectivity index (χ0) is 15.8. The largest absolute Gasteiger partial charge is 0.492 e. The number of piperazine rings is 1. The number of carbonyl (C=O) groups is 1. The molecular formula is C17H27N3O2. The zero-order valence-corrected chi connectivity index (χ0v) is 13.4. The Balaban J connectivity index is 1.61. The minimum atomic E-state index is 0.0976. The second-order valence-corrected chi connectivity index (χ2v) is 5.90. The Labute approximate surface area is 133 Å². The molecule has 0 saturated carbocycles. The van der Waals surface area contributed by atoms with Crippen molar-refractivity contribution in [3.8, 4) is 5.75 Å². The number of rotatable bonds is 7. The van der Waals surface area contributed by atoms with Crippen LogP contribution in [-0.4, -0.2) is 61.1 Å². The zero-order valence-electron chi connectivity index (χ0n) is 13.4. The molecule has 5 nitrogen and oxygen atoms in total. The minimum Gasteiger partial charge on any atom is -0.492 e. The molecule has 2 N–H and O–H groups in total. The number of nitrogens with zero attached hydrogens (tertiary/aromatic N) is 2. The fourth-order valence-electron chi connectivity index (χ4n) is 2.54. The third kappa shape index (κ3) is 5.66. The van der Waals surface area contributed by atoms with Crippen molar-refractivity contribution in [1.29, 1.82) is 0 Å². The van der Waals surface area contributed by atoms with Crippen LogP contribution in [0.2, 0.25) is 0 Å². The maximum absolute atomic E-state index is 12.0. The fraction of sp³-hybridized carbons (Fsp3) is 0.588. The molecule has 1 amide bonds. The van der Waals surface area contributed by atoms with Crippen LogP contribution in [0.25, 0.3) is 0 Å². The summed E-state index contributed by atoms with van der Waals surface area (Å²) in [7, 11) is 0. The Bertz CT molecular complexity index is 442. The van der Waals surface area contributed by atoms with Crippen LogP contribution < -0.4 is 10.5 Å². The Kier molecular flexibility index (Phi) is 6.68. The fourth-order valence-corrected chi connectivity index (χ4v) is 2.54. The number of nitrogens with two attached hydrogens (primary N) is 1. The van der Waals surface area contributed by atoms with E-state index in [9.17, 15) is 4.79 Å². The molecule has 122 valence electrons. The Morgan fingerprint density at radius 2 is 1.91 bits per heavy atom. The van der Waals surface area contributed by atoms with Crippen LogP contribution >= 0.6 is 0 Å². The molecule has 1 aliphatic rings. The highest BCUT2D eigenvalue weighted by Crippen LogP contribution is 2.09. The maximum atomic E-state index is 12.0. The average Bonchev–Trinajstić information content (AvgIpc) is 2.54. The van der Waals surface area contributed by atoms with Gasteiger partial charge in [-0.1, -0.05) is 18.2 Å². The first kappa shape index (κ1) is 16.8. The van der Waals surface area contributed by atoms with Gasteiger partial charge >= 0.3 is 0 Å². The van der Waals surface area contributed by atoms with E-state index < -0.39 is 0 Å². The van der Waals surface area contributed by atoms with Gasteiger partial charge in [-0.05, 0) is 25.5 Å². The van der Waals surface area contributed by atoms with E-state index in [0.29, 0.717) is 13.0 Å². The molecule has 0 aliphatic carbocycles. The molecule has 22 heavy (non-hydrogen) atoms. The van der Waals surface area contributed by atoms with Gasteiger partial charge in [0.25, 0.3) is 0 Å². The number of amides is 1. The molecule has 1 heterocycles. The normalized spacial score (nSPS) is 17.3. The lowest BCUT2D eigenvalue weighted by molar-refractivity contribution is -0.133. The number of benzene rings is 1. The van der Waals surface area contributed by atoms with E-state index in [0.717, 1.165) is 44.9 Å². The first-order valence-electron chi connectivity index (χ1n) is 8.08. The standard InChI is InChI=1S/C17H27N3O2/c1-15(18)7-8-17(21)20-11-9-19(10-12-20)13-14-22-16-5-3-2-4-6-16/h2-6,15H,7-14,18H2,1H3. The first-order chi connectivity index (χ1) is 10.6. The second-order valence-electron chi connectivity index (χ2n) is 5.90. The highest BCUT2D eigenvalue weighted by atomic mass is 16.5. The molecule has 1 fully saturated rings. The summed E-state index contributed by atoms with van der Waals surface area (Å²) < 4.78 is 5.71. The SMILES string of the molecule is CC(N)CCC(=O)N1CCN(CCOc2ccccc2)CC1. The third-order valence-corrected chi connectivity index (χ3v) is 3.96. The van der Waals surface area contributed by atoms with E-state index in [2.05, 4.69) is 4.90 Å². The number of hydrogen-bond donors (Lipinski definition) is 1. The summed E-state index contributed by atoms with van der Waals surface area (Å²) in [6.07, 6.45) is 1.33. The van der Waals surface area contributed by atoms with Crippen LogP contribution in [0.3, 0.4) is 0 Å². The van der Waals surface area contributed by atoms with Gasteiger partial charge in [-0.3, -0.25) is 9.69 Å². The van der Waals surface area contributed by atoms with Crippen LogP contribution in [0.5, 0.6) is 5.75 Å². The summed E-state index contributed by atoms with van der Waals surface area (Å²) >= 11 is 0. The average molecular weight is 305 g/mol. The summed E-state index contributed by atoms with van der Waals surface area (Å²) in [4.78, 5) is 16.3. The maximum Gasteiger partial charge on any atom is 0.222 e. The number of carbonyl (C=O) groups excluding carboxylic acids is 1. The van der Waals surface area contributed by atoms with E-state index in [1.807, 2.05) is 42.2 Å². The predicted octanol–water partition coefficient (Wildman–Crippen LogP) is 1.34. The molecule has 1 aliphatic heterocycles. The molecule has 1 aromatic rings. The van der Waals surface area contributed by atoms with Crippen LogP contribution in [0, 0.1) is 0 Å². The summed E-state index contributed by atoms with van der Waals surface area (Å²) in [5.41, 5.74) is 5.70. The third-order valence-electron chi connectivity index (χ3n) is 3.96. The Morgan fingerprint density at radius 1 is 1.23 bits per heavy atom. The number of hydrogen-bond acceptors (Lipinski definition) is 4. The van der Waals surface area contributed by atoms with Gasteiger partial charge in [-0.2, -0.15) is 0 Å². The van der Waals surface area contributed by atoms with Crippen molar-refractivity contribution in [2.75, 3.05) is 39.3 Å². The molecule has 0 bridgehead atoms. The van der Waals surface area contributed by atoms with Gasteiger partial charge in [0.2, 0.25) is 5.91 Å². The van der Waals surface area contributed by atoms with Gasteiger partial charge in [0.15, 0.2) is 0 Å². The van der Waals surface area contributed by atoms with Crippen LogP contribution in [0.1, 0.15) is 19.8 Å². The highest BCUT2D eigenvalue weighted by Gasteiger charge is 2.20. The van der Waals surface area contributed by atoms with E-state index in [-0.39, 0.29) is 11.9 Å². The quantitative estimate of drug-likeness (QED) is 0.826. The topological polar surface area (TPSA) is 58.8 Å². The molecule has 1 unspecified atom stereocenters. The predicted molar refractivity (Wildman–Crippen MR) is 87.8 cm³/mol. The number of para-hydroxylation sites is 1. The summed E-state index contributed by atoms with van der Waals surface area (Å²) in [6.45, 7) is 6.98. The highest BCUT2D eigenvalue weighted by molar-refractivity contribution is 5.76. The van der Waals surface area contributed by atoms with Crippen LogP contribution in [0.15, 0.2) is 30.3 Å². The molecule has 1 atom stereocenters. The molecule has 1 saturated heterocycles. The summed E-state index contributed by atoms with van der Waals surface area (Å²) in [5.74, 6) is 1.14. The molecule has 2 rings (SSSR count). The summed E-state index contributed by atoms with van der Waals surface area (Å²) in [6, 6.07) is 9.96. The number of ether oxygens (including phenoxy) is 1. The minimum absolute atomic E-state index is 0.0976. The van der Waals surface area contributed by atoms with Gasteiger partial charge in [0.05, 0.1) is 0 Å². The lowest BCUT2D eigenvalue weighted by Crippen LogP contribution is -2.49. The van der Waals surface area contributed by atoms with E-state index >= 15 is 0 Å². The van der Waals surface area contributed by atoms with Crippen molar-refractivity contribution in [1.82, 2.24) is 9.80 Å². The van der Waals surface area contributed by atoms with E-state index in [1.165, 1.54) is 0 Å². The lowest BCUT2D eigenvalue weighted by Gasteiger charge is -2.34. The molecule has 1 aromatic carbocycles. The van der Waals surface area contributed by atoms with Crippen LogP contribution in [0.4, 0.5) is 0 Å². The van der Waals surface area contributed by atoms with E-state index in [4.69, 9.17) is 10.5 Å². The van der Waals surface area contributed by atoms with Crippen molar-refractivity contribution in [3.05, 3.63) is 30.3 Å². The molecular weight excluding hydrogens is 278 g/mol. The van der Waals surface area contributed by atoms with Gasteiger partial charge in [0, 0.05) is 45.2 Å². The molecule has 0 radical (unpaired) electrons. The van der Waals surface area contributed by atoms with Crippen molar-refractivity contribution in [2.45, 2.75) is 25.8 Å². The van der Waals surface area contributed by atoms with E-state index in [1.54, 1.807) is 0 Å². The van der Waals surface area contributed by atoms with Crippen LogP contribution in [-0.2, 0) is 4.79 Å². The second kappa shape index (κ2) is 8.76. The Morgan fingerprint density at radius 3 is 2.55 bits per heavy atom. The van der Waals surface area contributed by atoms with Crippen molar-refractivity contribution in [3.63, 3.8) is 0 Å². The summed E-state index contributed by atoms with van der Waals surface area (Å²) in [5, 5.41) is 0. The van der Waals surface area contributed by atoms with Crippen molar-refractivity contribution >= 4 is 5.91 Å². The van der Waals surface area contributed by atoms with Gasteiger partial charge in [-0.15, -0.1) is 0 Å². The lowest BCUT2D eigenvalue weighted by atomic mass is 10.1. The van der Waals surface area contributed by atoms with Gasteiger partial charge in [-0.25, -0.2) is 0 Å². The monoisotopic (exact) mass is 305 g/mol. The smallest absolute Gasteiger partial charge is 0.222 e. The molecule has 5 heteroatoms. The van der Waals surface area contributed by atoms with Gasteiger partial charge < -0.3 is 15.4 Å².